The Bertz CT molecular complexity index is 714. The molecule has 2 nitrogen and oxygen atoms in total. The number of phenols is 1. The number of aromatic hydroxyl groups is 1. The van der Waals surface area contributed by atoms with Crippen molar-refractivity contribution >= 4 is 0 Å². The van der Waals surface area contributed by atoms with Gasteiger partial charge in [-0.15, -0.1) is 13.2 Å². The molecule has 0 radical (unpaired) electrons. The van der Waals surface area contributed by atoms with Crippen molar-refractivity contribution in [2.24, 2.45) is 0 Å². The second kappa shape index (κ2) is 8.04. The molecule has 0 amide bonds. The highest BCUT2D eigenvalue weighted by Crippen LogP contribution is 2.30. The highest BCUT2D eigenvalue weighted by Gasteiger charge is 2.08. The van der Waals surface area contributed by atoms with E-state index in [1.54, 1.807) is 18.2 Å². The molecule has 0 atom stereocenters. The van der Waals surface area contributed by atoms with Gasteiger partial charge in [0.15, 0.2) is 0 Å². The molecule has 23 heavy (non-hydrogen) atoms. The van der Waals surface area contributed by atoms with Crippen LogP contribution in [0, 0.1) is 0 Å². The number of hydrogen-bond donors (Lipinski definition) is 1. The van der Waals surface area contributed by atoms with Crippen LogP contribution in [0.4, 0.5) is 0 Å². The molecule has 118 valence electrons. The zero-order valence-corrected chi connectivity index (χ0v) is 13.3. The molecule has 0 aromatic heterocycles. The maximum absolute atomic E-state index is 9.90. The minimum Gasteiger partial charge on any atom is -0.508 e. The second-order valence-electron chi connectivity index (χ2n) is 5.25. The summed E-state index contributed by atoms with van der Waals surface area (Å²) in [6.07, 6.45) is 6.75. The van der Waals surface area contributed by atoms with Crippen molar-refractivity contribution in [1.29, 1.82) is 0 Å². The Hall–Kier alpha value is -2.74. The molecule has 0 bridgehead atoms. The van der Waals surface area contributed by atoms with Gasteiger partial charge in [-0.3, -0.25) is 0 Å². The number of ether oxygens (including phenoxy) is 1. The maximum atomic E-state index is 9.90. The standard InChI is InChI=1S/C21H22O2/c1-4-7-18-14-16(9-11-20(18)22)17-10-12-21(23-13-6-3)19(15-17)8-5-2/h4-6,9-12,14-15,22H,1-3,7-8,13H2. The van der Waals surface area contributed by atoms with E-state index in [4.69, 9.17) is 4.74 Å². The van der Waals surface area contributed by atoms with Gasteiger partial charge in [0.25, 0.3) is 0 Å². The van der Waals surface area contributed by atoms with E-state index in [2.05, 4.69) is 25.8 Å². The number of rotatable bonds is 8. The van der Waals surface area contributed by atoms with Crippen LogP contribution in [0.15, 0.2) is 74.4 Å². The van der Waals surface area contributed by atoms with Crippen LogP contribution in [-0.4, -0.2) is 11.7 Å². The lowest BCUT2D eigenvalue weighted by Crippen LogP contribution is -1.97. The van der Waals surface area contributed by atoms with Crippen molar-refractivity contribution < 1.29 is 9.84 Å². The number of phenolic OH excluding ortho intramolecular Hbond substituents is 1. The van der Waals surface area contributed by atoms with Crippen molar-refractivity contribution in [3.8, 4) is 22.6 Å². The normalized spacial score (nSPS) is 10.1. The zero-order chi connectivity index (χ0) is 16.7. The molecule has 0 saturated carbocycles. The lowest BCUT2D eigenvalue weighted by Gasteiger charge is -2.12. The average molecular weight is 306 g/mol. The zero-order valence-electron chi connectivity index (χ0n) is 13.3. The third kappa shape index (κ3) is 4.13. The Morgan fingerprint density at radius 2 is 1.43 bits per heavy atom. The van der Waals surface area contributed by atoms with Gasteiger partial charge >= 0.3 is 0 Å². The number of hydrogen-bond acceptors (Lipinski definition) is 2. The van der Waals surface area contributed by atoms with Gasteiger partial charge in [-0.1, -0.05) is 36.9 Å². The average Bonchev–Trinajstić information content (AvgIpc) is 2.56. The summed E-state index contributed by atoms with van der Waals surface area (Å²) in [4.78, 5) is 0. The molecule has 0 heterocycles. The van der Waals surface area contributed by atoms with Crippen LogP contribution in [0.1, 0.15) is 11.1 Å². The van der Waals surface area contributed by atoms with Crippen LogP contribution in [0.2, 0.25) is 0 Å². The Morgan fingerprint density at radius 3 is 2.09 bits per heavy atom. The van der Waals surface area contributed by atoms with Gasteiger partial charge in [0, 0.05) is 0 Å². The molecular formula is C21H22O2. The summed E-state index contributed by atoms with van der Waals surface area (Å²) < 4.78 is 5.69. The van der Waals surface area contributed by atoms with Crippen molar-refractivity contribution in [2.45, 2.75) is 12.8 Å². The monoisotopic (exact) mass is 306 g/mol. The fourth-order valence-corrected chi connectivity index (χ4v) is 2.45. The molecule has 0 aliphatic heterocycles. The molecule has 2 aromatic rings. The van der Waals surface area contributed by atoms with Crippen LogP contribution >= 0.6 is 0 Å². The minimum absolute atomic E-state index is 0.297. The Kier molecular flexibility index (Phi) is 5.81. The molecule has 2 heteroatoms. The summed E-state index contributed by atoms with van der Waals surface area (Å²) in [5.41, 5.74) is 4.09. The van der Waals surface area contributed by atoms with Gasteiger partial charge < -0.3 is 9.84 Å². The van der Waals surface area contributed by atoms with Crippen LogP contribution < -0.4 is 4.74 Å². The van der Waals surface area contributed by atoms with E-state index in [-0.39, 0.29) is 0 Å². The predicted octanol–water partition coefficient (Wildman–Crippen LogP) is 5.08. The molecule has 2 rings (SSSR count). The molecular weight excluding hydrogens is 284 g/mol. The molecule has 0 spiro atoms. The van der Waals surface area contributed by atoms with E-state index in [9.17, 15) is 5.11 Å². The first-order valence-corrected chi connectivity index (χ1v) is 7.60. The smallest absolute Gasteiger partial charge is 0.123 e. The molecule has 2 aromatic carbocycles. The summed E-state index contributed by atoms with van der Waals surface area (Å²) in [6.45, 7) is 11.7. The minimum atomic E-state index is 0.297. The van der Waals surface area contributed by atoms with E-state index < -0.39 is 0 Å². The van der Waals surface area contributed by atoms with Crippen LogP contribution in [0.3, 0.4) is 0 Å². The van der Waals surface area contributed by atoms with Crippen LogP contribution in [0.5, 0.6) is 11.5 Å². The van der Waals surface area contributed by atoms with Gasteiger partial charge in [0.1, 0.15) is 18.1 Å². The molecule has 1 N–H and O–H groups in total. The largest absolute Gasteiger partial charge is 0.508 e. The van der Waals surface area contributed by atoms with Crippen molar-refractivity contribution in [2.75, 3.05) is 6.61 Å². The Balaban J connectivity index is 2.41. The van der Waals surface area contributed by atoms with Crippen LogP contribution in [-0.2, 0) is 12.8 Å². The lowest BCUT2D eigenvalue weighted by molar-refractivity contribution is 0.360. The third-order valence-corrected chi connectivity index (χ3v) is 3.56. The van der Waals surface area contributed by atoms with Gasteiger partial charge in [-0.05, 0) is 59.4 Å². The van der Waals surface area contributed by atoms with Crippen LogP contribution in [0.25, 0.3) is 11.1 Å². The first kappa shape index (κ1) is 16.6. The molecule has 0 fully saturated rings. The molecule has 0 saturated heterocycles. The quantitative estimate of drug-likeness (QED) is 0.689. The number of benzene rings is 2. The first-order valence-electron chi connectivity index (χ1n) is 7.60. The van der Waals surface area contributed by atoms with Gasteiger partial charge in [0.05, 0.1) is 0 Å². The summed E-state index contributed by atoms with van der Waals surface area (Å²) in [6, 6.07) is 11.7. The van der Waals surface area contributed by atoms with E-state index >= 15 is 0 Å². The topological polar surface area (TPSA) is 29.5 Å². The van der Waals surface area contributed by atoms with E-state index in [1.807, 2.05) is 30.3 Å². The fraction of sp³-hybridized carbons (Fsp3) is 0.143. The highest BCUT2D eigenvalue weighted by atomic mass is 16.5. The Labute approximate surface area is 138 Å². The fourth-order valence-electron chi connectivity index (χ4n) is 2.45. The Morgan fingerprint density at radius 1 is 0.826 bits per heavy atom. The summed E-state index contributed by atoms with van der Waals surface area (Å²) >= 11 is 0. The van der Waals surface area contributed by atoms with Crippen molar-refractivity contribution in [1.82, 2.24) is 0 Å². The van der Waals surface area contributed by atoms with Gasteiger partial charge in [0.2, 0.25) is 0 Å². The summed E-state index contributed by atoms with van der Waals surface area (Å²) in [5, 5.41) is 9.90. The molecule has 0 unspecified atom stereocenters. The maximum Gasteiger partial charge on any atom is 0.123 e. The SMILES string of the molecule is C=CCOc1ccc(-c2ccc(O)c(CC=C)c2)cc1CC=C. The molecule has 0 aliphatic carbocycles. The highest BCUT2D eigenvalue weighted by molar-refractivity contribution is 5.68. The van der Waals surface area contributed by atoms with E-state index in [0.717, 1.165) is 34.4 Å². The molecule has 0 aliphatic rings. The van der Waals surface area contributed by atoms with Gasteiger partial charge in [-0.2, -0.15) is 0 Å². The predicted molar refractivity (Wildman–Crippen MR) is 97.0 cm³/mol. The van der Waals surface area contributed by atoms with E-state index in [0.29, 0.717) is 18.8 Å². The summed E-state index contributed by atoms with van der Waals surface area (Å²) in [7, 11) is 0. The third-order valence-electron chi connectivity index (χ3n) is 3.56. The number of allylic oxidation sites excluding steroid dienone is 2. The van der Waals surface area contributed by atoms with Crippen molar-refractivity contribution in [3.63, 3.8) is 0 Å². The van der Waals surface area contributed by atoms with Crippen molar-refractivity contribution in [3.05, 3.63) is 85.5 Å². The first-order chi connectivity index (χ1) is 11.2. The second-order valence-corrected chi connectivity index (χ2v) is 5.25. The summed E-state index contributed by atoms with van der Waals surface area (Å²) in [5.74, 6) is 1.14. The lowest BCUT2D eigenvalue weighted by atomic mass is 9.98. The van der Waals surface area contributed by atoms with Gasteiger partial charge in [-0.25, -0.2) is 0 Å². The van der Waals surface area contributed by atoms with E-state index in [1.165, 1.54) is 0 Å².